The fourth-order valence-electron chi connectivity index (χ4n) is 2.83. The first-order chi connectivity index (χ1) is 10.4. The monoisotopic (exact) mass is 319 g/mol. The maximum Gasteiger partial charge on any atom is 0.133 e. The summed E-state index contributed by atoms with van der Waals surface area (Å²) in [5.74, 6) is 2.85. The Morgan fingerprint density at radius 2 is 2.18 bits per heavy atom. The molecule has 5 nitrogen and oxygen atoms in total. The molecule has 0 amide bonds. The van der Waals surface area contributed by atoms with Crippen LogP contribution < -0.4 is 5.32 Å². The molecule has 120 valence electrons. The van der Waals surface area contributed by atoms with Crippen molar-refractivity contribution in [3.63, 3.8) is 0 Å². The van der Waals surface area contributed by atoms with Crippen LogP contribution in [0.25, 0.3) is 0 Å². The second kappa shape index (κ2) is 6.08. The highest BCUT2D eigenvalue weighted by molar-refractivity contribution is 7.11. The first-order valence-corrected chi connectivity index (χ1v) is 8.79. The highest BCUT2D eigenvalue weighted by atomic mass is 32.1. The van der Waals surface area contributed by atoms with Crippen molar-refractivity contribution in [3.8, 4) is 0 Å². The molecule has 0 spiro atoms. The summed E-state index contributed by atoms with van der Waals surface area (Å²) in [6.45, 7) is 11.7. The number of nitrogens with zero attached hydrogens (tertiary/aromatic N) is 4. The van der Waals surface area contributed by atoms with E-state index in [1.807, 2.05) is 24.5 Å². The molecule has 2 aromatic heterocycles. The van der Waals surface area contributed by atoms with Crippen molar-refractivity contribution in [1.82, 2.24) is 25.1 Å². The van der Waals surface area contributed by atoms with Gasteiger partial charge in [-0.3, -0.25) is 0 Å². The van der Waals surface area contributed by atoms with Gasteiger partial charge in [0.25, 0.3) is 0 Å². The van der Waals surface area contributed by atoms with E-state index in [4.69, 9.17) is 0 Å². The van der Waals surface area contributed by atoms with Gasteiger partial charge in [0.1, 0.15) is 11.6 Å². The van der Waals surface area contributed by atoms with E-state index in [9.17, 15) is 0 Å². The molecule has 0 aliphatic carbocycles. The minimum Gasteiger partial charge on any atom is -0.315 e. The van der Waals surface area contributed by atoms with E-state index in [-0.39, 0.29) is 5.41 Å². The molecule has 3 heterocycles. The number of aryl methyl sites for hydroxylation is 2. The van der Waals surface area contributed by atoms with Crippen LogP contribution in [-0.4, -0.2) is 26.3 Å². The van der Waals surface area contributed by atoms with Gasteiger partial charge in [-0.25, -0.2) is 4.98 Å². The zero-order valence-corrected chi connectivity index (χ0v) is 14.7. The second-order valence-electron chi connectivity index (χ2n) is 7.19. The number of thiazole rings is 1. The van der Waals surface area contributed by atoms with Gasteiger partial charge in [-0.05, 0) is 19.3 Å². The summed E-state index contributed by atoms with van der Waals surface area (Å²) >= 11 is 1.82. The van der Waals surface area contributed by atoms with E-state index in [0.29, 0.717) is 5.92 Å². The van der Waals surface area contributed by atoms with Crippen LogP contribution in [0, 0.1) is 12.8 Å². The highest BCUT2D eigenvalue weighted by Crippen LogP contribution is 2.26. The maximum absolute atomic E-state index is 4.55. The lowest BCUT2D eigenvalue weighted by Crippen LogP contribution is -2.30. The van der Waals surface area contributed by atoms with Crippen LogP contribution in [0.4, 0.5) is 0 Å². The van der Waals surface area contributed by atoms with E-state index in [1.165, 1.54) is 16.3 Å². The molecule has 0 saturated heterocycles. The summed E-state index contributed by atoms with van der Waals surface area (Å²) in [5.41, 5.74) is 0.147. The van der Waals surface area contributed by atoms with Gasteiger partial charge in [-0.2, -0.15) is 0 Å². The van der Waals surface area contributed by atoms with Gasteiger partial charge >= 0.3 is 0 Å². The minimum atomic E-state index is 0.147. The summed E-state index contributed by atoms with van der Waals surface area (Å²) in [4.78, 5) is 5.87. The third-order valence-electron chi connectivity index (χ3n) is 4.16. The summed E-state index contributed by atoms with van der Waals surface area (Å²) in [7, 11) is 0. The molecule has 0 radical (unpaired) electrons. The average Bonchev–Trinajstić information content (AvgIpc) is 3.06. The van der Waals surface area contributed by atoms with Gasteiger partial charge in [-0.1, -0.05) is 20.8 Å². The molecule has 22 heavy (non-hydrogen) atoms. The molecule has 1 aliphatic heterocycles. The van der Waals surface area contributed by atoms with Crippen LogP contribution in [0.1, 0.15) is 48.7 Å². The van der Waals surface area contributed by atoms with Gasteiger partial charge in [0.05, 0.1) is 5.01 Å². The van der Waals surface area contributed by atoms with Crippen molar-refractivity contribution in [2.45, 2.75) is 59.0 Å². The van der Waals surface area contributed by atoms with Crippen LogP contribution in [0.15, 0.2) is 6.20 Å². The number of rotatable bonds is 4. The molecule has 1 aliphatic rings. The first kappa shape index (κ1) is 15.6. The summed E-state index contributed by atoms with van der Waals surface area (Å²) in [5, 5.41) is 13.2. The predicted octanol–water partition coefficient (Wildman–Crippen LogP) is 2.69. The third-order valence-corrected chi connectivity index (χ3v) is 5.58. The Morgan fingerprint density at radius 3 is 2.91 bits per heavy atom. The van der Waals surface area contributed by atoms with Gasteiger partial charge < -0.3 is 9.88 Å². The van der Waals surface area contributed by atoms with Crippen LogP contribution in [0.3, 0.4) is 0 Å². The third kappa shape index (κ3) is 3.38. The molecular formula is C16H25N5S. The number of aromatic nitrogens is 4. The largest absolute Gasteiger partial charge is 0.315 e. The predicted molar refractivity (Wildman–Crippen MR) is 89.1 cm³/mol. The van der Waals surface area contributed by atoms with Gasteiger partial charge in [0, 0.05) is 42.5 Å². The minimum absolute atomic E-state index is 0.147. The fraction of sp³-hybridized carbons (Fsp3) is 0.688. The molecular weight excluding hydrogens is 294 g/mol. The van der Waals surface area contributed by atoms with E-state index in [0.717, 1.165) is 37.7 Å². The maximum atomic E-state index is 4.55. The molecule has 2 aromatic rings. The Morgan fingerprint density at radius 1 is 1.36 bits per heavy atom. The van der Waals surface area contributed by atoms with Gasteiger partial charge in [0.15, 0.2) is 0 Å². The van der Waals surface area contributed by atoms with Crippen molar-refractivity contribution in [3.05, 3.63) is 27.7 Å². The Balaban J connectivity index is 1.50. The summed E-state index contributed by atoms with van der Waals surface area (Å²) in [6.07, 6.45) is 4.25. The van der Waals surface area contributed by atoms with Crippen molar-refractivity contribution in [2.75, 3.05) is 6.54 Å². The number of hydrogen-bond donors (Lipinski definition) is 1. The molecule has 0 unspecified atom stereocenters. The first-order valence-electron chi connectivity index (χ1n) is 7.98. The van der Waals surface area contributed by atoms with E-state index in [1.54, 1.807) is 0 Å². The molecule has 0 aromatic carbocycles. The fourth-order valence-corrected chi connectivity index (χ4v) is 3.77. The van der Waals surface area contributed by atoms with Crippen LogP contribution in [-0.2, 0) is 24.9 Å². The lowest BCUT2D eigenvalue weighted by molar-refractivity contribution is 0.344. The SMILES string of the molecule is Cc1nnc2n1C[C@@H](CNCc1cnc(C(C)(C)C)s1)CC2. The molecule has 0 bridgehead atoms. The zero-order valence-electron chi connectivity index (χ0n) is 13.9. The molecule has 0 saturated carbocycles. The Hall–Kier alpha value is -1.27. The van der Waals surface area contributed by atoms with Crippen LogP contribution >= 0.6 is 11.3 Å². The average molecular weight is 319 g/mol. The Labute approximate surface area is 136 Å². The number of hydrogen-bond acceptors (Lipinski definition) is 5. The standard InChI is InChI=1S/C16H25N5S/c1-11-19-20-14-6-5-12(10-21(11)14)7-17-8-13-9-18-15(22-13)16(2,3)4/h9,12,17H,5-8,10H2,1-4H3/t12-/m1/s1. The topological polar surface area (TPSA) is 55.6 Å². The van der Waals surface area contributed by atoms with Crippen LogP contribution in [0.2, 0.25) is 0 Å². The summed E-state index contributed by atoms with van der Waals surface area (Å²) < 4.78 is 2.26. The lowest BCUT2D eigenvalue weighted by Gasteiger charge is -2.24. The second-order valence-corrected chi connectivity index (χ2v) is 8.31. The molecule has 6 heteroatoms. The van der Waals surface area contributed by atoms with E-state index < -0.39 is 0 Å². The smallest absolute Gasteiger partial charge is 0.133 e. The molecule has 0 fully saturated rings. The molecule has 1 atom stereocenters. The van der Waals surface area contributed by atoms with E-state index in [2.05, 4.69) is 45.8 Å². The Bertz CT molecular complexity index is 637. The number of fused-ring (bicyclic) bond motifs is 1. The van der Waals surface area contributed by atoms with E-state index >= 15 is 0 Å². The summed E-state index contributed by atoms with van der Waals surface area (Å²) in [6, 6.07) is 0. The van der Waals surface area contributed by atoms with Crippen molar-refractivity contribution >= 4 is 11.3 Å². The zero-order chi connectivity index (χ0) is 15.7. The quantitative estimate of drug-likeness (QED) is 0.941. The lowest BCUT2D eigenvalue weighted by atomic mass is 9.98. The normalized spacial score (nSPS) is 18.5. The van der Waals surface area contributed by atoms with Gasteiger partial charge in [-0.15, -0.1) is 21.5 Å². The van der Waals surface area contributed by atoms with Gasteiger partial charge in [0.2, 0.25) is 0 Å². The highest BCUT2D eigenvalue weighted by Gasteiger charge is 2.21. The number of nitrogens with one attached hydrogen (secondary N) is 1. The van der Waals surface area contributed by atoms with Crippen molar-refractivity contribution in [1.29, 1.82) is 0 Å². The molecule has 3 rings (SSSR count). The Kier molecular flexibility index (Phi) is 4.32. The van der Waals surface area contributed by atoms with Crippen LogP contribution in [0.5, 0.6) is 0 Å². The molecule has 1 N–H and O–H groups in total. The van der Waals surface area contributed by atoms with Crippen molar-refractivity contribution in [2.24, 2.45) is 5.92 Å². The van der Waals surface area contributed by atoms with Crippen molar-refractivity contribution < 1.29 is 0 Å².